The van der Waals surface area contributed by atoms with E-state index in [4.69, 9.17) is 5.11 Å². The minimum atomic E-state index is -0.897. The lowest BCUT2D eigenvalue weighted by Crippen LogP contribution is -2.07. The number of allylic oxidation sites excluding steroid dienone is 1. The topological polar surface area (TPSA) is 37.3 Å². The van der Waals surface area contributed by atoms with Crippen LogP contribution >= 0.6 is 0 Å². The van der Waals surface area contributed by atoms with E-state index in [2.05, 4.69) is 6.58 Å². The Kier molecular flexibility index (Phi) is 3.86. The van der Waals surface area contributed by atoms with Gasteiger partial charge in [-0.1, -0.05) is 43.3 Å². The molecule has 1 rings (SSSR count). The number of hydrogen-bond donors (Lipinski definition) is 1. The molecule has 0 heterocycles. The molecule has 1 unspecified atom stereocenters. The Morgan fingerprint density at radius 2 is 2.00 bits per heavy atom. The van der Waals surface area contributed by atoms with Gasteiger partial charge in [0.2, 0.25) is 0 Å². The van der Waals surface area contributed by atoms with Crippen LogP contribution in [0.5, 0.6) is 0 Å². The van der Waals surface area contributed by atoms with Gasteiger partial charge in [-0.2, -0.15) is 0 Å². The zero-order valence-corrected chi connectivity index (χ0v) is 8.68. The summed E-state index contributed by atoms with van der Waals surface area (Å²) >= 11 is 0. The second kappa shape index (κ2) is 5.15. The molecule has 0 bridgehead atoms. The third kappa shape index (κ3) is 3.09. The van der Waals surface area contributed by atoms with Crippen LogP contribution in [0.3, 0.4) is 0 Å². The number of rotatable bonds is 4. The van der Waals surface area contributed by atoms with E-state index in [1.807, 2.05) is 37.3 Å². The number of carboxylic acids is 1. The van der Waals surface area contributed by atoms with Crippen LogP contribution in [0.1, 0.15) is 12.5 Å². The fraction of sp³-hybridized carbons (Fsp3) is 0.154. The Balaban J connectivity index is 3.05. The van der Waals surface area contributed by atoms with Gasteiger partial charge in [0, 0.05) is 11.5 Å². The first kappa shape index (κ1) is 11.2. The molecule has 0 fully saturated rings. The maximum atomic E-state index is 11.0. The van der Waals surface area contributed by atoms with E-state index < -0.39 is 5.97 Å². The van der Waals surface area contributed by atoms with Crippen LogP contribution in [0.15, 0.2) is 48.6 Å². The molecule has 78 valence electrons. The van der Waals surface area contributed by atoms with E-state index in [9.17, 15) is 4.79 Å². The van der Waals surface area contributed by atoms with Crippen LogP contribution in [0.2, 0.25) is 0 Å². The Hall–Kier alpha value is -1.83. The van der Waals surface area contributed by atoms with Crippen molar-refractivity contribution in [1.29, 1.82) is 0 Å². The normalized spacial score (nSPS) is 13.3. The van der Waals surface area contributed by atoms with Gasteiger partial charge in [-0.15, -0.1) is 6.58 Å². The van der Waals surface area contributed by atoms with E-state index in [0.717, 1.165) is 5.56 Å². The molecule has 0 radical (unpaired) electrons. The molecule has 0 aliphatic carbocycles. The van der Waals surface area contributed by atoms with Crippen LogP contribution < -0.4 is 0 Å². The van der Waals surface area contributed by atoms with Crippen molar-refractivity contribution < 1.29 is 9.90 Å². The van der Waals surface area contributed by atoms with Gasteiger partial charge in [0.1, 0.15) is 0 Å². The van der Waals surface area contributed by atoms with Crippen LogP contribution in [0, 0.1) is 5.92 Å². The molecule has 2 nitrogen and oxygen atoms in total. The summed E-state index contributed by atoms with van der Waals surface area (Å²) in [5.74, 6) is -1.05. The van der Waals surface area contributed by atoms with Crippen molar-refractivity contribution >= 4 is 12.0 Å². The smallest absolute Gasteiger partial charge is 0.332 e. The quantitative estimate of drug-likeness (QED) is 0.602. The first-order chi connectivity index (χ1) is 7.15. The summed E-state index contributed by atoms with van der Waals surface area (Å²) in [7, 11) is 0. The molecular weight excluding hydrogens is 188 g/mol. The standard InChI is InChI=1S/C13H14O2/c1-3-10(2)12(13(14)15)9-11-7-5-4-6-8-11/h3-10H,1H2,2H3,(H,14,15). The second-order valence-electron chi connectivity index (χ2n) is 3.34. The van der Waals surface area contributed by atoms with Gasteiger partial charge < -0.3 is 5.11 Å². The number of hydrogen-bond acceptors (Lipinski definition) is 1. The summed E-state index contributed by atoms with van der Waals surface area (Å²) in [5.41, 5.74) is 1.25. The summed E-state index contributed by atoms with van der Waals surface area (Å²) in [5, 5.41) is 9.02. The third-order valence-corrected chi connectivity index (χ3v) is 2.21. The van der Waals surface area contributed by atoms with Gasteiger partial charge in [-0.05, 0) is 11.6 Å². The van der Waals surface area contributed by atoms with Crippen molar-refractivity contribution in [3.8, 4) is 0 Å². The van der Waals surface area contributed by atoms with Gasteiger partial charge >= 0.3 is 5.97 Å². The van der Waals surface area contributed by atoms with Crippen molar-refractivity contribution in [1.82, 2.24) is 0 Å². The summed E-state index contributed by atoms with van der Waals surface area (Å²) in [6.07, 6.45) is 3.30. The first-order valence-electron chi connectivity index (χ1n) is 4.77. The first-order valence-corrected chi connectivity index (χ1v) is 4.77. The molecule has 1 aromatic rings. The Morgan fingerprint density at radius 3 is 2.47 bits per heavy atom. The van der Waals surface area contributed by atoms with Crippen molar-refractivity contribution in [2.75, 3.05) is 0 Å². The zero-order chi connectivity index (χ0) is 11.3. The lowest BCUT2D eigenvalue weighted by Gasteiger charge is -2.06. The highest BCUT2D eigenvalue weighted by Crippen LogP contribution is 2.16. The van der Waals surface area contributed by atoms with Gasteiger partial charge in [0.15, 0.2) is 0 Å². The van der Waals surface area contributed by atoms with Gasteiger partial charge in [-0.25, -0.2) is 4.79 Å². The molecule has 0 spiro atoms. The Morgan fingerprint density at radius 1 is 1.40 bits per heavy atom. The van der Waals surface area contributed by atoms with Crippen LogP contribution in [-0.2, 0) is 4.79 Å². The van der Waals surface area contributed by atoms with Crippen LogP contribution in [0.25, 0.3) is 6.08 Å². The van der Waals surface area contributed by atoms with Crippen molar-refractivity contribution in [3.05, 3.63) is 54.1 Å². The predicted octanol–water partition coefficient (Wildman–Crippen LogP) is 2.98. The van der Waals surface area contributed by atoms with E-state index >= 15 is 0 Å². The van der Waals surface area contributed by atoms with Gasteiger partial charge in [-0.3, -0.25) is 0 Å². The molecular formula is C13H14O2. The predicted molar refractivity (Wildman–Crippen MR) is 61.4 cm³/mol. The molecule has 0 amide bonds. The summed E-state index contributed by atoms with van der Waals surface area (Å²) in [6, 6.07) is 9.40. The molecule has 1 N–H and O–H groups in total. The minimum Gasteiger partial charge on any atom is -0.478 e. The summed E-state index contributed by atoms with van der Waals surface area (Å²) < 4.78 is 0. The van der Waals surface area contributed by atoms with E-state index in [1.165, 1.54) is 0 Å². The number of aliphatic carboxylic acids is 1. The van der Waals surface area contributed by atoms with Crippen molar-refractivity contribution in [3.63, 3.8) is 0 Å². The molecule has 2 heteroatoms. The molecule has 1 aromatic carbocycles. The SMILES string of the molecule is C=CC(C)C(=Cc1ccccc1)C(=O)O. The second-order valence-corrected chi connectivity index (χ2v) is 3.34. The van der Waals surface area contributed by atoms with E-state index in [1.54, 1.807) is 12.2 Å². The fourth-order valence-electron chi connectivity index (χ4n) is 1.24. The molecule has 1 atom stereocenters. The fourth-order valence-corrected chi connectivity index (χ4v) is 1.24. The number of carbonyl (C=O) groups is 1. The molecule has 0 aromatic heterocycles. The molecule has 0 aliphatic rings. The van der Waals surface area contributed by atoms with E-state index in [-0.39, 0.29) is 5.92 Å². The van der Waals surface area contributed by atoms with E-state index in [0.29, 0.717) is 5.57 Å². The zero-order valence-electron chi connectivity index (χ0n) is 8.68. The molecule has 0 aliphatic heterocycles. The lowest BCUT2D eigenvalue weighted by atomic mass is 9.99. The maximum Gasteiger partial charge on any atom is 0.332 e. The Bertz CT molecular complexity index is 377. The van der Waals surface area contributed by atoms with Crippen molar-refractivity contribution in [2.45, 2.75) is 6.92 Å². The van der Waals surface area contributed by atoms with Crippen molar-refractivity contribution in [2.24, 2.45) is 5.92 Å². The van der Waals surface area contributed by atoms with Crippen LogP contribution in [0.4, 0.5) is 0 Å². The highest BCUT2D eigenvalue weighted by atomic mass is 16.4. The van der Waals surface area contributed by atoms with Crippen LogP contribution in [-0.4, -0.2) is 11.1 Å². The maximum absolute atomic E-state index is 11.0. The Labute approximate surface area is 89.6 Å². The molecule has 15 heavy (non-hydrogen) atoms. The largest absolute Gasteiger partial charge is 0.478 e. The lowest BCUT2D eigenvalue weighted by molar-refractivity contribution is -0.132. The van der Waals surface area contributed by atoms with Gasteiger partial charge in [0.05, 0.1) is 0 Å². The molecule has 0 saturated heterocycles. The molecule has 0 saturated carbocycles. The highest BCUT2D eigenvalue weighted by Gasteiger charge is 2.12. The minimum absolute atomic E-state index is 0.150. The summed E-state index contributed by atoms with van der Waals surface area (Å²) in [4.78, 5) is 11.0. The number of carboxylic acid groups (broad SMARTS) is 1. The average molecular weight is 202 g/mol. The highest BCUT2D eigenvalue weighted by molar-refractivity contribution is 5.93. The average Bonchev–Trinajstić information content (AvgIpc) is 2.26. The monoisotopic (exact) mass is 202 g/mol. The summed E-state index contributed by atoms with van der Waals surface area (Å²) in [6.45, 7) is 5.42. The van der Waals surface area contributed by atoms with Gasteiger partial charge in [0.25, 0.3) is 0 Å². The third-order valence-electron chi connectivity index (χ3n) is 2.21. The number of benzene rings is 1.